The quantitative estimate of drug-likeness (QED) is 0.846. The Labute approximate surface area is 117 Å². The average molecular weight is 273 g/mol. The van der Waals surface area contributed by atoms with Gasteiger partial charge in [0.2, 0.25) is 0 Å². The predicted octanol–water partition coefficient (Wildman–Crippen LogP) is 1.97. The molecule has 2 unspecified atom stereocenters. The lowest BCUT2D eigenvalue weighted by Crippen LogP contribution is -2.26. The predicted molar refractivity (Wildman–Crippen MR) is 76.1 cm³/mol. The highest BCUT2D eigenvalue weighted by atomic mass is 16.5. The molecule has 1 aliphatic heterocycles. The number of anilines is 1. The summed E-state index contributed by atoms with van der Waals surface area (Å²) in [6, 6.07) is 6.10. The summed E-state index contributed by atoms with van der Waals surface area (Å²) in [6.45, 7) is 4.87. The summed E-state index contributed by atoms with van der Waals surface area (Å²) in [6.07, 6.45) is 2.13. The van der Waals surface area contributed by atoms with Crippen LogP contribution >= 0.6 is 0 Å². The van der Waals surface area contributed by atoms with E-state index in [-0.39, 0.29) is 6.10 Å². The standard InChI is InChI=1S/C14H19N5O/c1-9-7-11(15)3-4-13(9)14-16-17-18-19(14)12-5-6-20-10(2)8-12/h3-4,7,10,12H,5-6,8,15H2,1-2H3. The third kappa shape index (κ3) is 2.38. The fourth-order valence-corrected chi connectivity index (χ4v) is 2.75. The van der Waals surface area contributed by atoms with Crippen LogP contribution in [0.3, 0.4) is 0 Å². The van der Waals surface area contributed by atoms with Crippen LogP contribution in [0.25, 0.3) is 11.4 Å². The van der Waals surface area contributed by atoms with E-state index in [1.807, 2.05) is 29.8 Å². The lowest BCUT2D eigenvalue weighted by Gasteiger charge is -2.27. The summed E-state index contributed by atoms with van der Waals surface area (Å²) >= 11 is 0. The van der Waals surface area contributed by atoms with E-state index in [2.05, 4.69) is 22.4 Å². The first-order valence-corrected chi connectivity index (χ1v) is 6.91. The Morgan fingerprint density at radius 1 is 1.40 bits per heavy atom. The van der Waals surface area contributed by atoms with Crippen LogP contribution < -0.4 is 5.73 Å². The van der Waals surface area contributed by atoms with E-state index >= 15 is 0 Å². The summed E-state index contributed by atoms with van der Waals surface area (Å²) in [5, 5.41) is 12.2. The molecule has 2 aromatic rings. The number of hydrogen-bond donors (Lipinski definition) is 1. The van der Waals surface area contributed by atoms with Crippen LogP contribution in [0.4, 0.5) is 5.69 Å². The van der Waals surface area contributed by atoms with Gasteiger partial charge >= 0.3 is 0 Å². The highest BCUT2D eigenvalue weighted by Crippen LogP contribution is 2.29. The van der Waals surface area contributed by atoms with Crippen molar-refractivity contribution >= 4 is 5.69 Å². The summed E-state index contributed by atoms with van der Waals surface area (Å²) in [4.78, 5) is 0. The first-order valence-electron chi connectivity index (χ1n) is 6.91. The molecule has 0 aliphatic carbocycles. The number of ether oxygens (including phenoxy) is 1. The van der Waals surface area contributed by atoms with Crippen LogP contribution in [0.5, 0.6) is 0 Å². The monoisotopic (exact) mass is 273 g/mol. The molecule has 1 aliphatic rings. The molecule has 6 nitrogen and oxygen atoms in total. The van der Waals surface area contributed by atoms with Crippen LogP contribution in [-0.2, 0) is 4.74 Å². The third-order valence-corrected chi connectivity index (χ3v) is 3.79. The van der Waals surface area contributed by atoms with Gasteiger partial charge in [-0.25, -0.2) is 4.68 Å². The number of tetrazole rings is 1. The molecule has 106 valence electrons. The van der Waals surface area contributed by atoms with E-state index in [1.165, 1.54) is 0 Å². The number of nitrogen functional groups attached to an aromatic ring is 1. The van der Waals surface area contributed by atoms with Crippen molar-refractivity contribution in [1.82, 2.24) is 20.2 Å². The van der Waals surface area contributed by atoms with Crippen LogP contribution in [0.15, 0.2) is 18.2 Å². The van der Waals surface area contributed by atoms with Crippen molar-refractivity contribution in [2.45, 2.75) is 38.8 Å². The second-order valence-electron chi connectivity index (χ2n) is 5.38. The molecule has 0 amide bonds. The molecule has 2 heterocycles. The molecule has 0 spiro atoms. The molecule has 2 N–H and O–H groups in total. The third-order valence-electron chi connectivity index (χ3n) is 3.79. The van der Waals surface area contributed by atoms with Gasteiger partial charge in [-0.15, -0.1) is 5.10 Å². The molecule has 1 aromatic heterocycles. The number of nitrogens with two attached hydrogens (primary N) is 1. The highest BCUT2D eigenvalue weighted by Gasteiger charge is 2.25. The fraction of sp³-hybridized carbons (Fsp3) is 0.500. The number of aromatic nitrogens is 4. The number of benzene rings is 1. The van der Waals surface area contributed by atoms with E-state index in [0.29, 0.717) is 6.04 Å². The SMILES string of the molecule is Cc1cc(N)ccc1-c1nnnn1C1CCOC(C)C1. The van der Waals surface area contributed by atoms with Crippen molar-refractivity contribution in [1.29, 1.82) is 0 Å². The van der Waals surface area contributed by atoms with Gasteiger partial charge in [0.05, 0.1) is 12.1 Å². The van der Waals surface area contributed by atoms with Crippen molar-refractivity contribution in [3.8, 4) is 11.4 Å². The Hall–Kier alpha value is -1.95. The highest BCUT2D eigenvalue weighted by molar-refractivity contribution is 5.63. The topological polar surface area (TPSA) is 78.9 Å². The zero-order chi connectivity index (χ0) is 14.1. The van der Waals surface area contributed by atoms with Gasteiger partial charge in [-0.2, -0.15) is 0 Å². The first kappa shape index (κ1) is 13.1. The molecule has 3 rings (SSSR count). The Bertz CT molecular complexity index is 609. The van der Waals surface area contributed by atoms with Gasteiger partial charge in [0.15, 0.2) is 5.82 Å². The molecule has 0 bridgehead atoms. The minimum Gasteiger partial charge on any atom is -0.399 e. The van der Waals surface area contributed by atoms with Crippen molar-refractivity contribution in [2.24, 2.45) is 0 Å². The number of hydrogen-bond acceptors (Lipinski definition) is 5. The normalized spacial score (nSPS) is 22.9. The van der Waals surface area contributed by atoms with Crippen molar-refractivity contribution in [3.05, 3.63) is 23.8 Å². The van der Waals surface area contributed by atoms with E-state index in [1.54, 1.807) is 0 Å². The zero-order valence-electron chi connectivity index (χ0n) is 11.8. The minimum atomic E-state index is 0.248. The summed E-state index contributed by atoms with van der Waals surface area (Å²) < 4.78 is 7.52. The van der Waals surface area contributed by atoms with Gasteiger partial charge in [-0.05, 0) is 60.9 Å². The summed E-state index contributed by atoms with van der Waals surface area (Å²) in [5.41, 5.74) is 8.67. The second kappa shape index (κ2) is 5.20. The molecule has 1 saturated heterocycles. The van der Waals surface area contributed by atoms with Gasteiger partial charge < -0.3 is 10.5 Å². The molecule has 2 atom stereocenters. The Kier molecular flexibility index (Phi) is 3.40. The van der Waals surface area contributed by atoms with E-state index in [9.17, 15) is 0 Å². The van der Waals surface area contributed by atoms with E-state index in [0.717, 1.165) is 42.1 Å². The molecule has 1 fully saturated rings. The summed E-state index contributed by atoms with van der Waals surface area (Å²) in [7, 11) is 0. The Morgan fingerprint density at radius 2 is 2.25 bits per heavy atom. The Morgan fingerprint density at radius 3 is 3.00 bits per heavy atom. The minimum absolute atomic E-state index is 0.248. The van der Waals surface area contributed by atoms with Crippen LogP contribution in [0.2, 0.25) is 0 Å². The van der Waals surface area contributed by atoms with Crippen molar-refractivity contribution in [2.75, 3.05) is 12.3 Å². The van der Waals surface area contributed by atoms with Gasteiger partial charge in [-0.3, -0.25) is 0 Å². The van der Waals surface area contributed by atoms with Crippen molar-refractivity contribution in [3.63, 3.8) is 0 Å². The molecular formula is C14H19N5O. The molecule has 0 saturated carbocycles. The average Bonchev–Trinajstić information content (AvgIpc) is 2.87. The molecule has 20 heavy (non-hydrogen) atoms. The van der Waals surface area contributed by atoms with Gasteiger partial charge in [0.25, 0.3) is 0 Å². The van der Waals surface area contributed by atoms with Crippen LogP contribution in [0.1, 0.15) is 31.4 Å². The number of aryl methyl sites for hydroxylation is 1. The maximum absolute atomic E-state index is 5.80. The lowest BCUT2D eigenvalue weighted by atomic mass is 10.0. The molecule has 0 radical (unpaired) electrons. The lowest BCUT2D eigenvalue weighted by molar-refractivity contribution is 0.00350. The smallest absolute Gasteiger partial charge is 0.182 e. The molecule has 6 heteroatoms. The molecular weight excluding hydrogens is 254 g/mol. The largest absolute Gasteiger partial charge is 0.399 e. The number of nitrogens with zero attached hydrogens (tertiary/aromatic N) is 4. The van der Waals surface area contributed by atoms with E-state index < -0.39 is 0 Å². The van der Waals surface area contributed by atoms with E-state index in [4.69, 9.17) is 10.5 Å². The maximum atomic E-state index is 5.80. The van der Waals surface area contributed by atoms with Crippen molar-refractivity contribution < 1.29 is 4.74 Å². The second-order valence-corrected chi connectivity index (χ2v) is 5.38. The summed E-state index contributed by atoms with van der Waals surface area (Å²) in [5.74, 6) is 0.807. The number of rotatable bonds is 2. The van der Waals surface area contributed by atoms with Gasteiger partial charge in [-0.1, -0.05) is 0 Å². The van der Waals surface area contributed by atoms with Crippen LogP contribution in [0, 0.1) is 6.92 Å². The van der Waals surface area contributed by atoms with Gasteiger partial charge in [0, 0.05) is 17.9 Å². The first-order chi connectivity index (χ1) is 9.65. The molecule has 1 aromatic carbocycles. The Balaban J connectivity index is 1.97. The zero-order valence-corrected chi connectivity index (χ0v) is 11.8. The van der Waals surface area contributed by atoms with Crippen LogP contribution in [-0.4, -0.2) is 32.9 Å². The maximum Gasteiger partial charge on any atom is 0.182 e. The van der Waals surface area contributed by atoms with Gasteiger partial charge in [0.1, 0.15) is 0 Å². The fourth-order valence-electron chi connectivity index (χ4n) is 2.75.